The molecule has 0 saturated carbocycles. The Morgan fingerprint density at radius 1 is 1.11 bits per heavy atom. The highest BCUT2D eigenvalue weighted by atomic mass is 32.2. The van der Waals surface area contributed by atoms with Crippen LogP contribution in [0.5, 0.6) is 5.88 Å². The number of hydrogen-bond donors (Lipinski definition) is 0. The van der Waals surface area contributed by atoms with Crippen LogP contribution in [0.1, 0.15) is 43.0 Å². The molecule has 0 amide bonds. The van der Waals surface area contributed by atoms with E-state index < -0.39 is 10.0 Å². The van der Waals surface area contributed by atoms with Gasteiger partial charge in [-0.25, -0.2) is 13.4 Å². The predicted octanol–water partition coefficient (Wildman–Crippen LogP) is 3.05. The van der Waals surface area contributed by atoms with Gasteiger partial charge in [0.25, 0.3) is 0 Å². The number of fused-ring (bicyclic) bond motifs is 2. The van der Waals surface area contributed by atoms with Crippen molar-refractivity contribution >= 4 is 15.8 Å². The van der Waals surface area contributed by atoms with Crippen LogP contribution in [0.15, 0.2) is 53.6 Å². The Balaban J connectivity index is 1.55. The molecule has 6 nitrogen and oxygen atoms in total. The summed E-state index contributed by atoms with van der Waals surface area (Å²) in [6.07, 6.45) is 4.62. The molecule has 7 heteroatoms. The highest BCUT2D eigenvalue weighted by Crippen LogP contribution is 2.40. The van der Waals surface area contributed by atoms with Gasteiger partial charge < -0.3 is 4.74 Å². The zero-order valence-corrected chi connectivity index (χ0v) is 15.9. The van der Waals surface area contributed by atoms with Crippen LogP contribution in [0.25, 0.3) is 0 Å². The van der Waals surface area contributed by atoms with E-state index in [0.29, 0.717) is 24.3 Å². The van der Waals surface area contributed by atoms with E-state index in [0.717, 1.165) is 12.8 Å². The topological polar surface area (TPSA) is 76.6 Å². The molecule has 0 radical (unpaired) electrons. The van der Waals surface area contributed by atoms with Crippen LogP contribution in [-0.4, -0.2) is 41.7 Å². The first kappa shape index (κ1) is 18.1. The number of nitrogens with zero attached hydrogens (tertiary/aromatic N) is 2. The number of carbonyl (C=O) groups is 1. The number of benzene rings is 1. The third-order valence-electron chi connectivity index (χ3n) is 5.36. The summed E-state index contributed by atoms with van der Waals surface area (Å²) >= 11 is 0. The first-order valence-electron chi connectivity index (χ1n) is 9.17. The standard InChI is InChI=1S/C20H22N2O4S/c1-14(23)15-5-4-6-19(11-15)27(24,25)22-16-8-9-17(22)13-18(12-16)26-20-7-2-3-10-21-20/h2-7,10-11,16-18H,8-9,12-13H2,1H3. The van der Waals surface area contributed by atoms with Gasteiger partial charge in [-0.2, -0.15) is 4.31 Å². The predicted molar refractivity (Wildman–Crippen MR) is 100 cm³/mol. The molecule has 2 aliphatic heterocycles. The molecule has 2 saturated heterocycles. The molecule has 1 aromatic carbocycles. The summed E-state index contributed by atoms with van der Waals surface area (Å²) < 4.78 is 34.1. The maximum atomic E-state index is 13.2. The number of hydrogen-bond acceptors (Lipinski definition) is 5. The SMILES string of the molecule is CC(=O)c1cccc(S(=O)(=O)N2C3CCC2CC(Oc2ccccn2)C3)c1. The molecule has 2 unspecified atom stereocenters. The van der Waals surface area contributed by atoms with Gasteiger partial charge >= 0.3 is 0 Å². The minimum absolute atomic E-state index is 0.0348. The molecule has 0 aliphatic carbocycles. The quantitative estimate of drug-likeness (QED) is 0.738. The molecule has 27 heavy (non-hydrogen) atoms. The Hall–Kier alpha value is -2.25. The van der Waals surface area contributed by atoms with Gasteiger partial charge in [0.2, 0.25) is 15.9 Å². The molecule has 3 heterocycles. The summed E-state index contributed by atoms with van der Waals surface area (Å²) in [4.78, 5) is 16.0. The van der Waals surface area contributed by atoms with Crippen LogP contribution < -0.4 is 4.74 Å². The van der Waals surface area contributed by atoms with Crippen molar-refractivity contribution in [1.82, 2.24) is 9.29 Å². The molecular weight excluding hydrogens is 364 g/mol. The molecule has 142 valence electrons. The summed E-state index contributed by atoms with van der Waals surface area (Å²) in [7, 11) is -3.64. The van der Waals surface area contributed by atoms with Gasteiger partial charge in [0, 0.05) is 42.8 Å². The number of Topliss-reactive ketones (excluding diaryl/α,β-unsaturated/α-hetero) is 1. The summed E-state index contributed by atoms with van der Waals surface area (Å²) in [5, 5.41) is 0. The van der Waals surface area contributed by atoms with Crippen LogP contribution in [0.3, 0.4) is 0 Å². The Kier molecular flexibility index (Phi) is 4.74. The fourth-order valence-corrected chi connectivity index (χ4v) is 6.10. The van der Waals surface area contributed by atoms with E-state index >= 15 is 0 Å². The van der Waals surface area contributed by atoms with E-state index in [2.05, 4.69) is 4.98 Å². The molecule has 4 rings (SSSR count). The van der Waals surface area contributed by atoms with E-state index in [4.69, 9.17) is 4.74 Å². The van der Waals surface area contributed by atoms with Gasteiger partial charge in [-0.15, -0.1) is 0 Å². The summed E-state index contributed by atoms with van der Waals surface area (Å²) in [6, 6.07) is 11.7. The number of ketones is 1. The number of piperidine rings is 1. The lowest BCUT2D eigenvalue weighted by molar-refractivity contribution is 0.0918. The number of carbonyl (C=O) groups excluding carboxylic acids is 1. The highest BCUT2D eigenvalue weighted by Gasteiger charge is 2.48. The van der Waals surface area contributed by atoms with Crippen LogP contribution in [0.2, 0.25) is 0 Å². The summed E-state index contributed by atoms with van der Waals surface area (Å²) in [5.74, 6) is 0.435. The van der Waals surface area contributed by atoms with Gasteiger partial charge in [-0.1, -0.05) is 18.2 Å². The smallest absolute Gasteiger partial charge is 0.243 e. The van der Waals surface area contributed by atoms with Crippen LogP contribution >= 0.6 is 0 Å². The van der Waals surface area contributed by atoms with Crippen molar-refractivity contribution in [1.29, 1.82) is 0 Å². The Labute approximate surface area is 159 Å². The zero-order valence-electron chi connectivity index (χ0n) is 15.1. The highest BCUT2D eigenvalue weighted by molar-refractivity contribution is 7.89. The van der Waals surface area contributed by atoms with Crippen molar-refractivity contribution in [2.45, 2.75) is 55.7 Å². The second-order valence-electron chi connectivity index (χ2n) is 7.18. The molecule has 1 aromatic heterocycles. The Bertz CT molecular complexity index is 931. The van der Waals surface area contributed by atoms with Crippen LogP contribution in [-0.2, 0) is 10.0 Å². The molecule has 2 atom stereocenters. The van der Waals surface area contributed by atoms with Gasteiger partial charge in [0.05, 0.1) is 4.90 Å². The lowest BCUT2D eigenvalue weighted by atomic mass is 10.0. The number of pyridine rings is 1. The van der Waals surface area contributed by atoms with Crippen molar-refractivity contribution in [3.63, 3.8) is 0 Å². The Morgan fingerprint density at radius 3 is 2.48 bits per heavy atom. The number of aromatic nitrogens is 1. The zero-order chi connectivity index (χ0) is 19.0. The fourth-order valence-electron chi connectivity index (χ4n) is 4.16. The van der Waals surface area contributed by atoms with Gasteiger partial charge in [-0.3, -0.25) is 4.79 Å². The summed E-state index contributed by atoms with van der Waals surface area (Å²) in [5.41, 5.74) is 0.414. The van der Waals surface area contributed by atoms with E-state index in [1.807, 2.05) is 18.2 Å². The largest absolute Gasteiger partial charge is 0.474 e. The molecule has 0 N–H and O–H groups in total. The van der Waals surface area contributed by atoms with E-state index in [1.165, 1.54) is 13.0 Å². The molecular formula is C20H22N2O4S. The third-order valence-corrected chi connectivity index (χ3v) is 7.36. The average Bonchev–Trinajstić information content (AvgIpc) is 2.95. The first-order chi connectivity index (χ1) is 12.9. The van der Waals surface area contributed by atoms with Crippen molar-refractivity contribution in [3.8, 4) is 5.88 Å². The van der Waals surface area contributed by atoms with E-state index in [-0.39, 0.29) is 28.9 Å². The number of rotatable bonds is 5. The summed E-state index contributed by atoms with van der Waals surface area (Å²) in [6.45, 7) is 1.44. The second-order valence-corrected chi connectivity index (χ2v) is 9.03. The molecule has 0 spiro atoms. The van der Waals surface area contributed by atoms with E-state index in [9.17, 15) is 13.2 Å². The average molecular weight is 386 g/mol. The van der Waals surface area contributed by atoms with Crippen LogP contribution in [0.4, 0.5) is 0 Å². The molecule has 2 fully saturated rings. The third kappa shape index (κ3) is 3.49. The molecule has 2 aromatic rings. The number of ether oxygens (including phenoxy) is 1. The van der Waals surface area contributed by atoms with Crippen molar-refractivity contribution in [3.05, 3.63) is 54.2 Å². The van der Waals surface area contributed by atoms with Gasteiger partial charge in [0.1, 0.15) is 6.10 Å². The number of sulfonamides is 1. The minimum Gasteiger partial charge on any atom is -0.474 e. The minimum atomic E-state index is -3.64. The van der Waals surface area contributed by atoms with Crippen molar-refractivity contribution in [2.75, 3.05) is 0 Å². The van der Waals surface area contributed by atoms with Gasteiger partial charge in [-0.05, 0) is 38.0 Å². The normalized spacial score (nSPS) is 25.3. The van der Waals surface area contributed by atoms with Gasteiger partial charge in [0.15, 0.2) is 5.78 Å². The maximum absolute atomic E-state index is 13.2. The van der Waals surface area contributed by atoms with Crippen molar-refractivity contribution < 1.29 is 17.9 Å². The molecule has 2 aliphatic rings. The van der Waals surface area contributed by atoms with E-state index in [1.54, 1.807) is 28.7 Å². The maximum Gasteiger partial charge on any atom is 0.243 e. The second kappa shape index (κ2) is 7.05. The Morgan fingerprint density at radius 2 is 1.85 bits per heavy atom. The lowest BCUT2D eigenvalue weighted by Gasteiger charge is -2.37. The fraction of sp³-hybridized carbons (Fsp3) is 0.400. The first-order valence-corrected chi connectivity index (χ1v) is 10.6. The van der Waals surface area contributed by atoms with Crippen LogP contribution in [0, 0.1) is 0 Å². The monoisotopic (exact) mass is 386 g/mol. The lowest BCUT2D eigenvalue weighted by Crippen LogP contribution is -2.49. The molecule has 2 bridgehead atoms. The van der Waals surface area contributed by atoms with Crippen molar-refractivity contribution in [2.24, 2.45) is 0 Å².